The molecule has 1 aromatic carbocycles. The van der Waals surface area contributed by atoms with Crippen LogP contribution in [-0.4, -0.2) is 32.5 Å². The van der Waals surface area contributed by atoms with Gasteiger partial charge in [-0.2, -0.15) is 0 Å². The zero-order valence-corrected chi connectivity index (χ0v) is 12.9. The fraction of sp³-hybridized carbons (Fsp3) is 0.625. The third-order valence-corrected chi connectivity index (χ3v) is 3.53. The molecule has 20 heavy (non-hydrogen) atoms. The third-order valence-electron chi connectivity index (χ3n) is 3.53. The van der Waals surface area contributed by atoms with E-state index >= 15 is 0 Å². The molecule has 0 bridgehead atoms. The van der Waals surface area contributed by atoms with Gasteiger partial charge < -0.3 is 19.5 Å². The summed E-state index contributed by atoms with van der Waals surface area (Å²) >= 11 is 0. The van der Waals surface area contributed by atoms with E-state index in [0.717, 1.165) is 36.6 Å². The van der Waals surface area contributed by atoms with Crippen LogP contribution in [0.5, 0.6) is 11.5 Å². The predicted octanol–water partition coefficient (Wildman–Crippen LogP) is 2.53. The predicted molar refractivity (Wildman–Crippen MR) is 79.6 cm³/mol. The summed E-state index contributed by atoms with van der Waals surface area (Å²) in [4.78, 5) is 0. The molecule has 0 saturated carbocycles. The van der Waals surface area contributed by atoms with Crippen molar-refractivity contribution >= 4 is 0 Å². The summed E-state index contributed by atoms with van der Waals surface area (Å²) < 4.78 is 16.8. The molecular weight excluding hydrogens is 254 g/mol. The Balaban J connectivity index is 2.08. The van der Waals surface area contributed by atoms with Gasteiger partial charge in [0.25, 0.3) is 0 Å². The highest BCUT2D eigenvalue weighted by Crippen LogP contribution is 2.35. The standard InChI is InChI=1S/C16H25NO3/c1-5-19-15-7-13-6-11(2)20-16(13)8-14(15)10-17-9-12(3)18-4/h7-8,11-12,17H,5-6,9-10H2,1-4H3. The van der Waals surface area contributed by atoms with E-state index in [9.17, 15) is 0 Å². The summed E-state index contributed by atoms with van der Waals surface area (Å²) in [5.74, 6) is 1.96. The average Bonchev–Trinajstić information content (AvgIpc) is 2.78. The fourth-order valence-corrected chi connectivity index (χ4v) is 2.40. The van der Waals surface area contributed by atoms with Gasteiger partial charge in [-0.1, -0.05) is 0 Å². The Bertz CT molecular complexity index is 448. The van der Waals surface area contributed by atoms with Crippen molar-refractivity contribution in [2.24, 2.45) is 0 Å². The Morgan fingerprint density at radius 3 is 2.95 bits per heavy atom. The smallest absolute Gasteiger partial charge is 0.124 e. The molecule has 0 saturated heterocycles. The minimum Gasteiger partial charge on any atom is -0.494 e. The molecular formula is C16H25NO3. The van der Waals surface area contributed by atoms with E-state index in [0.29, 0.717) is 6.61 Å². The maximum absolute atomic E-state index is 5.82. The molecule has 112 valence electrons. The van der Waals surface area contributed by atoms with E-state index in [1.165, 1.54) is 5.56 Å². The highest BCUT2D eigenvalue weighted by molar-refractivity contribution is 5.48. The van der Waals surface area contributed by atoms with Gasteiger partial charge in [-0.05, 0) is 32.9 Å². The number of hydrogen-bond acceptors (Lipinski definition) is 4. The SMILES string of the molecule is CCOc1cc2c(cc1CNCC(C)OC)OC(C)C2. The lowest BCUT2D eigenvalue weighted by molar-refractivity contribution is 0.117. The van der Waals surface area contributed by atoms with Crippen LogP contribution in [0.1, 0.15) is 31.9 Å². The number of rotatable bonds is 7. The minimum absolute atomic E-state index is 0.205. The molecule has 4 nitrogen and oxygen atoms in total. The number of hydrogen-bond donors (Lipinski definition) is 1. The molecule has 4 heteroatoms. The first-order valence-corrected chi connectivity index (χ1v) is 7.32. The molecule has 1 heterocycles. The van der Waals surface area contributed by atoms with Crippen molar-refractivity contribution in [3.8, 4) is 11.5 Å². The number of fused-ring (bicyclic) bond motifs is 1. The van der Waals surface area contributed by atoms with E-state index in [2.05, 4.69) is 24.4 Å². The lowest BCUT2D eigenvalue weighted by Crippen LogP contribution is -2.25. The van der Waals surface area contributed by atoms with Crippen molar-refractivity contribution in [2.45, 2.75) is 45.9 Å². The zero-order chi connectivity index (χ0) is 14.5. The molecule has 2 atom stereocenters. The van der Waals surface area contributed by atoms with Crippen molar-refractivity contribution in [3.63, 3.8) is 0 Å². The van der Waals surface area contributed by atoms with Gasteiger partial charge >= 0.3 is 0 Å². The van der Waals surface area contributed by atoms with Gasteiger partial charge in [-0.25, -0.2) is 0 Å². The molecule has 2 rings (SSSR count). The molecule has 0 radical (unpaired) electrons. The Kier molecular flexibility index (Phi) is 5.26. The van der Waals surface area contributed by atoms with E-state index in [4.69, 9.17) is 14.2 Å². The van der Waals surface area contributed by atoms with E-state index in [-0.39, 0.29) is 12.2 Å². The molecule has 1 aliphatic rings. The Hall–Kier alpha value is -1.26. The second-order valence-electron chi connectivity index (χ2n) is 5.31. The fourth-order valence-electron chi connectivity index (χ4n) is 2.40. The number of ether oxygens (including phenoxy) is 3. The van der Waals surface area contributed by atoms with Crippen molar-refractivity contribution in [1.82, 2.24) is 5.32 Å². The van der Waals surface area contributed by atoms with Crippen molar-refractivity contribution in [2.75, 3.05) is 20.3 Å². The maximum Gasteiger partial charge on any atom is 0.124 e. The molecule has 2 unspecified atom stereocenters. The van der Waals surface area contributed by atoms with Gasteiger partial charge in [0, 0.05) is 37.7 Å². The van der Waals surface area contributed by atoms with E-state index in [1.807, 2.05) is 13.8 Å². The molecule has 1 N–H and O–H groups in total. The van der Waals surface area contributed by atoms with Crippen LogP contribution in [0.4, 0.5) is 0 Å². The van der Waals surface area contributed by atoms with Crippen LogP contribution in [-0.2, 0) is 17.7 Å². The molecule has 0 aliphatic carbocycles. The number of benzene rings is 1. The maximum atomic E-state index is 5.82. The highest BCUT2D eigenvalue weighted by Gasteiger charge is 2.21. The minimum atomic E-state index is 0.205. The van der Waals surface area contributed by atoms with Crippen molar-refractivity contribution < 1.29 is 14.2 Å². The summed E-state index contributed by atoms with van der Waals surface area (Å²) in [5, 5.41) is 3.39. The van der Waals surface area contributed by atoms with Gasteiger partial charge in [0.15, 0.2) is 0 Å². The molecule has 0 fully saturated rings. The lowest BCUT2D eigenvalue weighted by Gasteiger charge is -2.15. The Labute approximate surface area is 121 Å². The van der Waals surface area contributed by atoms with Gasteiger partial charge in [0.2, 0.25) is 0 Å². The summed E-state index contributed by atoms with van der Waals surface area (Å²) in [7, 11) is 1.72. The number of methoxy groups -OCH3 is 1. The molecule has 1 aliphatic heterocycles. The quantitative estimate of drug-likeness (QED) is 0.832. The topological polar surface area (TPSA) is 39.7 Å². The average molecular weight is 279 g/mol. The van der Waals surface area contributed by atoms with Gasteiger partial charge in [-0.15, -0.1) is 0 Å². The lowest BCUT2D eigenvalue weighted by atomic mass is 10.1. The summed E-state index contributed by atoms with van der Waals surface area (Å²) in [5.41, 5.74) is 2.39. The van der Waals surface area contributed by atoms with Crippen molar-refractivity contribution in [1.29, 1.82) is 0 Å². The summed E-state index contributed by atoms with van der Waals surface area (Å²) in [6.45, 7) is 8.40. The molecule has 0 spiro atoms. The van der Waals surface area contributed by atoms with Crippen molar-refractivity contribution in [3.05, 3.63) is 23.3 Å². The second kappa shape index (κ2) is 6.95. The Morgan fingerprint density at radius 2 is 2.25 bits per heavy atom. The van der Waals surface area contributed by atoms with Crippen LogP contribution in [0.25, 0.3) is 0 Å². The first-order valence-electron chi connectivity index (χ1n) is 7.32. The van der Waals surface area contributed by atoms with E-state index in [1.54, 1.807) is 7.11 Å². The first-order chi connectivity index (χ1) is 9.63. The van der Waals surface area contributed by atoms with Gasteiger partial charge in [0.05, 0.1) is 12.7 Å². The third kappa shape index (κ3) is 3.64. The van der Waals surface area contributed by atoms with Gasteiger partial charge in [-0.3, -0.25) is 0 Å². The van der Waals surface area contributed by atoms with E-state index < -0.39 is 0 Å². The zero-order valence-electron chi connectivity index (χ0n) is 12.9. The van der Waals surface area contributed by atoms with Crippen LogP contribution in [0.2, 0.25) is 0 Å². The first kappa shape index (κ1) is 15.1. The highest BCUT2D eigenvalue weighted by atomic mass is 16.5. The summed E-state index contributed by atoms with van der Waals surface area (Å²) in [6.07, 6.45) is 1.43. The Morgan fingerprint density at radius 1 is 1.45 bits per heavy atom. The normalized spacial score (nSPS) is 18.5. The number of nitrogens with one attached hydrogen (secondary N) is 1. The van der Waals surface area contributed by atoms with Gasteiger partial charge in [0.1, 0.15) is 17.6 Å². The monoisotopic (exact) mass is 279 g/mol. The largest absolute Gasteiger partial charge is 0.494 e. The van der Waals surface area contributed by atoms with Crippen LogP contribution >= 0.6 is 0 Å². The van der Waals surface area contributed by atoms with Crippen LogP contribution in [0, 0.1) is 0 Å². The molecule has 0 amide bonds. The van der Waals surface area contributed by atoms with Crippen LogP contribution in [0.3, 0.4) is 0 Å². The van der Waals surface area contributed by atoms with Crippen LogP contribution in [0.15, 0.2) is 12.1 Å². The molecule has 1 aromatic rings. The summed E-state index contributed by atoms with van der Waals surface area (Å²) in [6, 6.07) is 4.23. The molecule has 0 aromatic heterocycles. The van der Waals surface area contributed by atoms with Crippen LogP contribution < -0.4 is 14.8 Å². The second-order valence-corrected chi connectivity index (χ2v) is 5.31.